The van der Waals surface area contributed by atoms with Gasteiger partial charge in [-0.15, -0.1) is 0 Å². The number of nitrogens with one attached hydrogen (secondary N) is 6. The smallest absolute Gasteiger partial charge is 0.249 e. The van der Waals surface area contributed by atoms with Gasteiger partial charge in [0.05, 0.1) is 36.3 Å². The topological polar surface area (TPSA) is 184 Å². The maximum atomic E-state index is 14.6. The van der Waals surface area contributed by atoms with Crippen LogP contribution in [-0.2, 0) is 48.4 Å². The summed E-state index contributed by atoms with van der Waals surface area (Å²) in [6, 6.07) is 56.3. The van der Waals surface area contributed by atoms with Crippen LogP contribution in [-0.4, -0.2) is 50.1 Å². The van der Waals surface area contributed by atoms with Gasteiger partial charge in [-0.3, -0.25) is 28.8 Å². The average molecular weight is 1280 g/mol. The van der Waals surface area contributed by atoms with Crippen molar-refractivity contribution >= 4 is 35.4 Å². The Morgan fingerprint density at radius 1 is 0.271 bits per heavy atom. The Bertz CT molecular complexity index is 3490. The second-order valence-electron chi connectivity index (χ2n) is 25.4. The zero-order valence-corrected chi connectivity index (χ0v) is 56.3. The monoisotopic (exact) mass is 1280 g/mol. The van der Waals surface area contributed by atoms with Gasteiger partial charge in [0.15, 0.2) is 0 Å². The van der Waals surface area contributed by atoms with E-state index in [0.29, 0.717) is 33.4 Å². The van der Waals surface area contributed by atoms with E-state index in [1.165, 1.54) is 0 Å². The van der Waals surface area contributed by atoms with E-state index in [0.717, 1.165) is 66.8 Å². The quantitative estimate of drug-likeness (QED) is 0.0343. The number of amides is 6. The summed E-state index contributed by atoms with van der Waals surface area (Å²) >= 11 is 0. The van der Waals surface area contributed by atoms with Crippen molar-refractivity contribution in [2.75, 3.05) is 0 Å². The van der Waals surface area contributed by atoms with Crippen molar-refractivity contribution in [1.82, 2.24) is 46.6 Å². The summed E-state index contributed by atoms with van der Waals surface area (Å²) < 4.78 is 0. The molecule has 0 aromatic heterocycles. The fourth-order valence-electron chi connectivity index (χ4n) is 12.6. The average Bonchev–Trinajstić information content (AvgIpc) is 0.778. The van der Waals surface area contributed by atoms with Gasteiger partial charge in [-0.1, -0.05) is 182 Å². The lowest BCUT2D eigenvalue weighted by atomic mass is 9.86. The molecule has 0 saturated heterocycles. The molecule has 492 valence electrons. The lowest BCUT2D eigenvalue weighted by Gasteiger charge is -2.32. The van der Waals surface area contributed by atoms with Crippen LogP contribution in [0.5, 0.6) is 0 Å². The highest BCUT2D eigenvalue weighted by Crippen LogP contribution is 2.36. The highest BCUT2D eigenvalue weighted by atomic mass is 16.2. The summed E-state index contributed by atoms with van der Waals surface area (Å²) in [5, 5.41) is 19.2. The normalized spacial score (nSPS) is 15.7. The van der Waals surface area contributed by atoms with Crippen molar-refractivity contribution in [3.8, 4) is 0 Å². The molecule has 0 unspecified atom stereocenters. The van der Waals surface area contributed by atoms with Gasteiger partial charge >= 0.3 is 0 Å². The Balaban J connectivity index is 1.08. The molecular formula is C81H87N9O6. The van der Waals surface area contributed by atoms with Crippen molar-refractivity contribution in [3.05, 3.63) is 319 Å². The summed E-state index contributed by atoms with van der Waals surface area (Å²) in [7, 11) is 0. The van der Waals surface area contributed by atoms with Crippen molar-refractivity contribution in [2.24, 2.45) is 0 Å². The Morgan fingerprint density at radius 2 is 0.417 bits per heavy atom. The Labute approximate surface area is 564 Å². The number of nitrogens with zero attached hydrogens (tertiary/aromatic N) is 3. The van der Waals surface area contributed by atoms with Gasteiger partial charge < -0.3 is 46.6 Å². The number of rotatable bonds is 24. The molecule has 15 nitrogen and oxygen atoms in total. The minimum atomic E-state index is -0.341. The first kappa shape index (κ1) is 68.1. The van der Waals surface area contributed by atoms with Gasteiger partial charge in [-0.25, -0.2) is 0 Å². The molecular weight excluding hydrogens is 1190 g/mol. The zero-order chi connectivity index (χ0) is 68.0. The molecule has 3 aliphatic rings. The maximum absolute atomic E-state index is 14.6. The van der Waals surface area contributed by atoms with Crippen LogP contribution in [0.1, 0.15) is 164 Å². The lowest BCUT2D eigenvalue weighted by molar-refractivity contribution is -0.120. The Kier molecular flexibility index (Phi) is 22.3. The summed E-state index contributed by atoms with van der Waals surface area (Å²) in [4.78, 5) is 93.5. The molecule has 96 heavy (non-hydrogen) atoms. The summed E-state index contributed by atoms with van der Waals surface area (Å²) in [5.41, 5.74) is 13.3. The second-order valence-corrected chi connectivity index (χ2v) is 25.4. The molecule has 7 aromatic carbocycles. The Hall–Kier alpha value is -10.8. The van der Waals surface area contributed by atoms with Crippen LogP contribution in [0.25, 0.3) is 0 Å². The molecule has 0 radical (unpaired) electrons. The first-order valence-corrected chi connectivity index (χ1v) is 33.0. The highest BCUT2D eigenvalue weighted by Gasteiger charge is 2.31. The summed E-state index contributed by atoms with van der Waals surface area (Å²) in [6.07, 6.45) is 11.1. The number of hydrogen-bond donors (Lipinski definition) is 6. The first-order chi connectivity index (χ1) is 46.3. The van der Waals surface area contributed by atoms with Crippen LogP contribution < -0.4 is 31.9 Å². The largest absolute Gasteiger partial charge is 0.349 e. The van der Waals surface area contributed by atoms with Crippen LogP contribution in [0.4, 0.5) is 0 Å². The predicted octanol–water partition coefficient (Wildman–Crippen LogP) is 13.8. The van der Waals surface area contributed by atoms with E-state index in [1.807, 2.05) is 275 Å². The molecule has 0 aliphatic carbocycles. The van der Waals surface area contributed by atoms with Crippen LogP contribution in [0.3, 0.4) is 0 Å². The third-order valence-electron chi connectivity index (χ3n) is 18.4. The Morgan fingerprint density at radius 3 is 0.562 bits per heavy atom. The van der Waals surface area contributed by atoms with Crippen LogP contribution in [0.15, 0.2) is 253 Å². The minimum absolute atomic E-state index is 0.0704. The SMILES string of the molecule is Cc1c(CN2C=C(C(=O)N[C@H](C)c3ccccc3)CC(C(=O)N[C@H](C)c3ccccc3)=C2)c(C)c(CN2C=C(C(=O)N[C@H](C)c3ccccc3)CC(C(=O)N[C@H](C)c3ccccc3)=C2)c(C)c1CN1C=C(C(=O)N[C@H](C)c2ccccc2)CC(C(=O)N[C@H](C)c2ccccc2)=C1. The number of carbonyl (C=O) groups is 6. The van der Waals surface area contributed by atoms with Gasteiger partial charge in [0.1, 0.15) is 0 Å². The summed E-state index contributed by atoms with van der Waals surface area (Å²) in [5.74, 6) is -1.89. The van der Waals surface area contributed by atoms with Gasteiger partial charge in [-0.2, -0.15) is 0 Å². The molecule has 3 heterocycles. The molecule has 15 heteroatoms. The van der Waals surface area contributed by atoms with E-state index < -0.39 is 0 Å². The second kappa shape index (κ2) is 31.4. The van der Waals surface area contributed by atoms with E-state index in [9.17, 15) is 28.8 Å². The number of benzene rings is 7. The fourth-order valence-corrected chi connectivity index (χ4v) is 12.6. The summed E-state index contributed by atoms with van der Waals surface area (Å²) in [6.45, 7) is 18.4. The molecule has 6 N–H and O–H groups in total. The fraction of sp³-hybridized carbons (Fsp3) is 0.259. The van der Waals surface area contributed by atoms with Crippen LogP contribution >= 0.6 is 0 Å². The zero-order valence-electron chi connectivity index (χ0n) is 56.3. The van der Waals surface area contributed by atoms with Crippen molar-refractivity contribution in [2.45, 2.75) is 137 Å². The highest BCUT2D eigenvalue weighted by molar-refractivity contribution is 6.02. The molecule has 10 rings (SSSR count). The van der Waals surface area contributed by atoms with Gasteiger partial charge in [-0.05, 0) is 129 Å². The van der Waals surface area contributed by atoms with Gasteiger partial charge in [0, 0.05) is 110 Å². The van der Waals surface area contributed by atoms with Crippen molar-refractivity contribution in [1.29, 1.82) is 0 Å². The minimum Gasteiger partial charge on any atom is -0.349 e. The maximum Gasteiger partial charge on any atom is 0.249 e. The predicted molar refractivity (Wildman–Crippen MR) is 378 cm³/mol. The van der Waals surface area contributed by atoms with E-state index in [2.05, 4.69) is 52.7 Å². The van der Waals surface area contributed by atoms with Crippen LogP contribution in [0.2, 0.25) is 0 Å². The molecule has 3 aliphatic heterocycles. The van der Waals surface area contributed by atoms with Crippen molar-refractivity contribution in [3.63, 3.8) is 0 Å². The van der Waals surface area contributed by atoms with Gasteiger partial charge in [0.25, 0.3) is 0 Å². The molecule has 0 fully saturated rings. The van der Waals surface area contributed by atoms with Gasteiger partial charge in [0.2, 0.25) is 35.4 Å². The van der Waals surface area contributed by atoms with E-state index in [-0.39, 0.29) is 111 Å². The molecule has 0 saturated carbocycles. The third kappa shape index (κ3) is 17.1. The third-order valence-corrected chi connectivity index (χ3v) is 18.4. The van der Waals surface area contributed by atoms with Crippen molar-refractivity contribution < 1.29 is 28.8 Å². The molecule has 6 atom stereocenters. The molecule has 0 bridgehead atoms. The molecule has 6 amide bonds. The van der Waals surface area contributed by atoms with E-state index in [4.69, 9.17) is 0 Å². The standard InChI is InChI=1S/C81H87N9O6/c1-52-73(49-88-43-67(76(91)82-55(4)61-28-16-10-17-29-61)40-68(44-88)77(92)83-56(5)62-30-18-11-19-31-62)53(2)75(51-90-47-71(80(95)86-59(8)65-36-24-14-25-37-65)42-72(48-90)81(96)87-60(9)66-38-26-15-27-39-66)54(3)74(52)50-89-45-69(78(93)84-57(6)63-32-20-12-21-33-63)41-70(46-89)79(94)85-58(7)64-34-22-13-23-35-64/h10-39,43-48,55-60H,40-42,49-51H2,1-9H3,(H,82,91)(H,83,92)(H,84,93)(H,85,94)(H,86,95)(H,87,96)/t55-,56-,57-,58-,59-,60-/m1/s1. The molecule has 0 spiro atoms. The van der Waals surface area contributed by atoms with Crippen LogP contribution in [0, 0.1) is 20.8 Å². The lowest BCUT2D eigenvalue weighted by Crippen LogP contribution is -2.35. The number of hydrogen-bond acceptors (Lipinski definition) is 9. The molecule has 7 aromatic rings. The van der Waals surface area contributed by atoms with E-state index in [1.54, 1.807) is 0 Å². The van der Waals surface area contributed by atoms with E-state index >= 15 is 0 Å². The number of carbonyl (C=O) groups excluding carboxylic acids is 6. The first-order valence-electron chi connectivity index (χ1n) is 33.0.